The lowest BCUT2D eigenvalue weighted by Gasteiger charge is -2.23. The highest BCUT2D eigenvalue weighted by Gasteiger charge is 2.49. The lowest BCUT2D eigenvalue weighted by molar-refractivity contribution is -0.385. The minimum absolute atomic E-state index is 0.0879. The Morgan fingerprint density at radius 1 is 1.05 bits per heavy atom. The molecule has 3 amide bonds. The Bertz CT molecular complexity index is 1660. The number of thioether (sulfide) groups is 1. The standard InChI is InChI=1S/C26H15ClFN3O7S2/c1-37-20-10-13(8-9-19(20)38-12-15-16(27)5-3-6-17(15)28)11-21-24(33)30(26(39)40-21)29-23(32)14-4-2-7-18(31(35)36)22(14)25(29)34/h2-11H,12H2,1H3/b21-11+. The molecular weight excluding hydrogens is 585 g/mol. The third-order valence-corrected chi connectivity index (χ3v) is 7.60. The monoisotopic (exact) mass is 599 g/mol. The molecule has 3 aromatic carbocycles. The molecule has 0 atom stereocenters. The highest BCUT2D eigenvalue weighted by atomic mass is 35.5. The highest BCUT2D eigenvalue weighted by Crippen LogP contribution is 2.39. The quantitative estimate of drug-likeness (QED) is 0.116. The average molecular weight is 600 g/mol. The second kappa shape index (κ2) is 10.7. The second-order valence-corrected chi connectivity index (χ2v) is 10.4. The van der Waals surface area contributed by atoms with E-state index in [-0.39, 0.29) is 37.7 Å². The van der Waals surface area contributed by atoms with Gasteiger partial charge in [-0.1, -0.05) is 41.6 Å². The minimum Gasteiger partial charge on any atom is -0.493 e. The maximum atomic E-state index is 14.1. The van der Waals surface area contributed by atoms with Crippen LogP contribution in [-0.4, -0.2) is 44.1 Å². The van der Waals surface area contributed by atoms with Crippen molar-refractivity contribution in [3.63, 3.8) is 0 Å². The van der Waals surface area contributed by atoms with Gasteiger partial charge in [0.05, 0.1) is 27.5 Å². The van der Waals surface area contributed by atoms with E-state index in [1.165, 1.54) is 37.5 Å². The van der Waals surface area contributed by atoms with Crippen LogP contribution in [0.25, 0.3) is 6.08 Å². The molecule has 202 valence electrons. The molecule has 3 aromatic rings. The number of carbonyl (C=O) groups excluding carboxylic acids is 3. The summed E-state index contributed by atoms with van der Waals surface area (Å²) >= 11 is 12.2. The lowest BCUT2D eigenvalue weighted by atomic mass is 10.1. The molecule has 1 saturated heterocycles. The summed E-state index contributed by atoms with van der Waals surface area (Å²) in [4.78, 5) is 50.0. The number of thiocarbonyl (C=S) groups is 1. The first kappa shape index (κ1) is 27.2. The predicted molar refractivity (Wildman–Crippen MR) is 147 cm³/mol. The molecule has 0 bridgehead atoms. The Labute approximate surface area is 240 Å². The second-order valence-electron chi connectivity index (χ2n) is 8.27. The third-order valence-electron chi connectivity index (χ3n) is 5.96. The molecule has 0 aliphatic carbocycles. The molecule has 14 heteroatoms. The van der Waals surface area contributed by atoms with E-state index in [0.29, 0.717) is 16.3 Å². The van der Waals surface area contributed by atoms with Gasteiger partial charge in [0, 0.05) is 11.6 Å². The number of nitrogens with zero attached hydrogens (tertiary/aromatic N) is 3. The molecule has 0 radical (unpaired) electrons. The van der Waals surface area contributed by atoms with Gasteiger partial charge in [0.1, 0.15) is 18.0 Å². The summed E-state index contributed by atoms with van der Waals surface area (Å²) in [6, 6.07) is 12.7. The number of methoxy groups -OCH3 is 1. The molecule has 5 rings (SSSR count). The largest absolute Gasteiger partial charge is 0.493 e. The number of hydrazine groups is 1. The van der Waals surface area contributed by atoms with E-state index in [1.54, 1.807) is 24.3 Å². The van der Waals surface area contributed by atoms with E-state index >= 15 is 0 Å². The van der Waals surface area contributed by atoms with Crippen molar-refractivity contribution in [3.05, 3.63) is 103 Å². The molecule has 0 N–H and O–H groups in total. The zero-order valence-electron chi connectivity index (χ0n) is 20.3. The van der Waals surface area contributed by atoms with Crippen LogP contribution in [0.2, 0.25) is 5.02 Å². The minimum atomic E-state index is -1.03. The Balaban J connectivity index is 1.39. The maximum Gasteiger partial charge on any atom is 0.288 e. The number of rotatable bonds is 7. The number of ether oxygens (including phenoxy) is 2. The number of nitro groups is 1. The van der Waals surface area contributed by atoms with E-state index in [9.17, 15) is 28.9 Å². The van der Waals surface area contributed by atoms with Crippen LogP contribution in [-0.2, 0) is 11.4 Å². The van der Waals surface area contributed by atoms with Crippen LogP contribution in [0.5, 0.6) is 11.5 Å². The van der Waals surface area contributed by atoms with E-state index in [2.05, 4.69) is 0 Å². The van der Waals surface area contributed by atoms with E-state index < -0.39 is 39.7 Å². The number of hydrogen-bond donors (Lipinski definition) is 0. The smallest absolute Gasteiger partial charge is 0.288 e. The lowest BCUT2D eigenvalue weighted by Crippen LogP contribution is -2.48. The number of benzene rings is 3. The fourth-order valence-corrected chi connectivity index (χ4v) is 5.55. The summed E-state index contributed by atoms with van der Waals surface area (Å²) in [5.41, 5.74) is -0.489. The van der Waals surface area contributed by atoms with Crippen LogP contribution in [0.15, 0.2) is 59.5 Å². The first-order valence-electron chi connectivity index (χ1n) is 11.3. The molecule has 0 aromatic heterocycles. The van der Waals surface area contributed by atoms with Crippen LogP contribution in [0.3, 0.4) is 0 Å². The van der Waals surface area contributed by atoms with Gasteiger partial charge in [0.2, 0.25) is 0 Å². The molecule has 2 aliphatic rings. The number of nitro benzene ring substituents is 1. The molecule has 0 spiro atoms. The normalized spacial score (nSPS) is 15.7. The van der Waals surface area contributed by atoms with Crippen molar-refractivity contribution in [3.8, 4) is 11.5 Å². The van der Waals surface area contributed by atoms with Crippen LogP contribution in [0.4, 0.5) is 10.1 Å². The van der Waals surface area contributed by atoms with Gasteiger partial charge in [0.15, 0.2) is 15.8 Å². The Hall–Kier alpha value is -4.33. The Kier molecular flexibility index (Phi) is 7.27. The summed E-state index contributed by atoms with van der Waals surface area (Å²) < 4.78 is 25.1. The van der Waals surface area contributed by atoms with Crippen molar-refractivity contribution in [2.75, 3.05) is 7.11 Å². The molecule has 2 aliphatic heterocycles. The molecule has 2 heterocycles. The SMILES string of the molecule is COc1cc(/C=C2/SC(=S)N(N3C(=O)c4cccc([N+](=O)[O-])c4C3=O)C2=O)ccc1OCc1c(F)cccc1Cl. The summed E-state index contributed by atoms with van der Waals surface area (Å²) in [7, 11) is 1.41. The molecule has 40 heavy (non-hydrogen) atoms. The maximum absolute atomic E-state index is 14.1. The zero-order valence-corrected chi connectivity index (χ0v) is 22.6. The van der Waals surface area contributed by atoms with Crippen molar-refractivity contribution >= 4 is 69.4 Å². The van der Waals surface area contributed by atoms with Gasteiger partial charge in [-0.25, -0.2) is 4.39 Å². The van der Waals surface area contributed by atoms with E-state index in [4.69, 9.17) is 33.3 Å². The van der Waals surface area contributed by atoms with Crippen LogP contribution in [0, 0.1) is 15.9 Å². The van der Waals surface area contributed by atoms with Crippen molar-refractivity contribution in [2.24, 2.45) is 0 Å². The van der Waals surface area contributed by atoms with Crippen molar-refractivity contribution in [2.45, 2.75) is 6.61 Å². The van der Waals surface area contributed by atoms with Crippen LogP contribution < -0.4 is 9.47 Å². The molecule has 1 fully saturated rings. The van der Waals surface area contributed by atoms with Gasteiger partial charge >= 0.3 is 0 Å². The highest BCUT2D eigenvalue weighted by molar-refractivity contribution is 8.26. The number of hydrogen-bond acceptors (Lipinski definition) is 9. The Morgan fingerprint density at radius 3 is 2.50 bits per heavy atom. The van der Waals surface area contributed by atoms with Crippen molar-refractivity contribution in [1.29, 1.82) is 0 Å². The van der Waals surface area contributed by atoms with Crippen LogP contribution >= 0.6 is 35.6 Å². The molecular formula is C26H15ClFN3O7S2. The topological polar surface area (TPSA) is 119 Å². The van der Waals surface area contributed by atoms with Crippen LogP contribution in [0.1, 0.15) is 31.8 Å². The van der Waals surface area contributed by atoms with Gasteiger partial charge in [0.25, 0.3) is 23.4 Å². The first-order chi connectivity index (χ1) is 19.1. The van der Waals surface area contributed by atoms with Gasteiger partial charge in [-0.2, -0.15) is 10.0 Å². The van der Waals surface area contributed by atoms with Gasteiger partial charge in [-0.3, -0.25) is 24.5 Å². The fourth-order valence-electron chi connectivity index (χ4n) is 4.09. The number of carbonyl (C=O) groups is 3. The molecule has 10 nitrogen and oxygen atoms in total. The van der Waals surface area contributed by atoms with Crippen molar-refractivity contribution in [1.82, 2.24) is 10.0 Å². The third kappa shape index (κ3) is 4.68. The number of halogens is 2. The van der Waals surface area contributed by atoms with Gasteiger partial charge in [-0.15, -0.1) is 0 Å². The Morgan fingerprint density at radius 2 is 1.80 bits per heavy atom. The summed E-state index contributed by atoms with van der Waals surface area (Å²) in [5, 5.41) is 12.9. The summed E-state index contributed by atoms with van der Waals surface area (Å²) in [6.45, 7) is -0.154. The molecule has 0 unspecified atom stereocenters. The predicted octanol–water partition coefficient (Wildman–Crippen LogP) is 5.39. The average Bonchev–Trinajstić information content (AvgIpc) is 3.34. The van der Waals surface area contributed by atoms with E-state index in [0.717, 1.165) is 22.8 Å². The first-order valence-corrected chi connectivity index (χ1v) is 12.9. The van der Waals surface area contributed by atoms with Crippen molar-refractivity contribution < 1.29 is 33.2 Å². The van der Waals surface area contributed by atoms with E-state index in [1.807, 2.05) is 0 Å². The number of fused-ring (bicyclic) bond motifs is 1. The number of imide groups is 1. The zero-order chi connectivity index (χ0) is 28.7. The summed E-state index contributed by atoms with van der Waals surface area (Å²) in [5.74, 6) is -2.63. The number of amides is 3. The summed E-state index contributed by atoms with van der Waals surface area (Å²) in [6.07, 6.45) is 1.47. The van der Waals surface area contributed by atoms with Gasteiger partial charge < -0.3 is 9.47 Å². The molecule has 0 saturated carbocycles. The van der Waals surface area contributed by atoms with Gasteiger partial charge in [-0.05, 0) is 54.2 Å². The fraction of sp³-hybridized carbons (Fsp3) is 0.0769.